The quantitative estimate of drug-likeness (QED) is 0.448. The number of anilines is 2. The van der Waals surface area contributed by atoms with Gasteiger partial charge < -0.3 is 4.90 Å². The molecule has 0 radical (unpaired) electrons. The smallest absolute Gasteiger partial charge is 0.261 e. The molecule has 1 unspecified atom stereocenters. The maximum absolute atomic E-state index is 12.9. The van der Waals surface area contributed by atoms with Crippen molar-refractivity contribution in [2.75, 3.05) is 9.62 Å². The zero-order valence-electron chi connectivity index (χ0n) is 19.0. The largest absolute Gasteiger partial charge is 0.342 e. The molecule has 0 bridgehead atoms. The summed E-state index contributed by atoms with van der Waals surface area (Å²) < 4.78 is 30.4. The number of pyridine rings is 1. The molecule has 174 valence electrons. The van der Waals surface area contributed by atoms with Crippen LogP contribution >= 0.6 is 0 Å². The van der Waals surface area contributed by atoms with E-state index in [0.29, 0.717) is 17.1 Å². The lowest BCUT2D eigenvalue weighted by molar-refractivity contribution is 0.497. The van der Waals surface area contributed by atoms with Gasteiger partial charge in [-0.15, -0.1) is 10.2 Å². The molecule has 5 rings (SSSR count). The van der Waals surface area contributed by atoms with Gasteiger partial charge in [0.15, 0.2) is 17.5 Å². The van der Waals surface area contributed by atoms with E-state index in [0.717, 1.165) is 23.8 Å². The minimum Gasteiger partial charge on any atom is -0.342 e. The van der Waals surface area contributed by atoms with Gasteiger partial charge in [0, 0.05) is 17.8 Å². The van der Waals surface area contributed by atoms with Crippen molar-refractivity contribution in [2.45, 2.75) is 44.2 Å². The van der Waals surface area contributed by atoms with Crippen molar-refractivity contribution in [3.63, 3.8) is 0 Å². The topological polar surface area (TPSA) is 119 Å². The lowest BCUT2D eigenvalue weighted by atomic mass is 10.1. The Morgan fingerprint density at radius 2 is 1.91 bits per heavy atom. The van der Waals surface area contributed by atoms with Crippen LogP contribution in [0.1, 0.15) is 39.1 Å². The number of nitrogens with zero attached hydrogens (tertiary/aromatic N) is 7. The molecule has 1 atom stereocenters. The highest BCUT2D eigenvalue weighted by Crippen LogP contribution is 2.40. The Bertz CT molecular complexity index is 1440. The van der Waals surface area contributed by atoms with Crippen molar-refractivity contribution < 1.29 is 8.42 Å². The van der Waals surface area contributed by atoms with Gasteiger partial charge in [0.05, 0.1) is 29.0 Å². The third-order valence-electron chi connectivity index (χ3n) is 5.76. The van der Waals surface area contributed by atoms with Gasteiger partial charge in [-0.2, -0.15) is 0 Å². The molecule has 0 aliphatic carbocycles. The molecule has 1 N–H and O–H groups in total. The predicted octanol–water partition coefficient (Wildman–Crippen LogP) is 3.60. The molecule has 1 aromatic carbocycles. The van der Waals surface area contributed by atoms with Crippen LogP contribution in [0.2, 0.25) is 0 Å². The van der Waals surface area contributed by atoms with Gasteiger partial charge in [-0.1, -0.05) is 25.1 Å². The van der Waals surface area contributed by atoms with Gasteiger partial charge in [-0.25, -0.2) is 18.4 Å². The Morgan fingerprint density at radius 1 is 1.12 bits per heavy atom. The average molecular weight is 477 g/mol. The van der Waals surface area contributed by atoms with Crippen molar-refractivity contribution in [2.24, 2.45) is 0 Å². The number of hydrogen-bond donors (Lipinski definition) is 1. The molecule has 0 spiro atoms. The number of hydrogen-bond acceptors (Lipinski definition) is 8. The van der Waals surface area contributed by atoms with Crippen molar-refractivity contribution in [3.05, 3.63) is 67.1 Å². The summed E-state index contributed by atoms with van der Waals surface area (Å²) in [6, 6.07) is 10.0. The second-order valence-electron chi connectivity index (χ2n) is 8.23. The second kappa shape index (κ2) is 8.49. The van der Waals surface area contributed by atoms with Crippen molar-refractivity contribution >= 4 is 21.5 Å². The van der Waals surface area contributed by atoms with E-state index in [9.17, 15) is 8.42 Å². The highest BCUT2D eigenvalue weighted by molar-refractivity contribution is 7.92. The highest BCUT2D eigenvalue weighted by Gasteiger charge is 2.35. The molecular weight excluding hydrogens is 452 g/mol. The van der Waals surface area contributed by atoms with Crippen LogP contribution in [-0.4, -0.2) is 44.2 Å². The molecule has 1 aliphatic rings. The molecule has 0 saturated heterocycles. The van der Waals surface area contributed by atoms with Gasteiger partial charge in [-0.3, -0.25) is 14.3 Å². The predicted molar refractivity (Wildman–Crippen MR) is 128 cm³/mol. The Morgan fingerprint density at radius 3 is 2.65 bits per heavy atom. The monoisotopic (exact) mass is 476 g/mol. The summed E-state index contributed by atoms with van der Waals surface area (Å²) in [5.41, 5.74) is 1.61. The SMILES string of the molecule is CCC1c2nncn2-c2cnc(-c3ccncc3NS(=O)(=O)c3ccccc3)nc2N1C(C)C. The number of sulfonamides is 1. The van der Waals surface area contributed by atoms with Crippen LogP contribution < -0.4 is 9.62 Å². The number of fused-ring (bicyclic) bond motifs is 3. The lowest BCUT2D eigenvalue weighted by Crippen LogP contribution is -2.40. The van der Waals surface area contributed by atoms with Crippen LogP contribution in [0.5, 0.6) is 0 Å². The summed E-state index contributed by atoms with van der Waals surface area (Å²) in [5.74, 6) is 1.98. The van der Waals surface area contributed by atoms with Crippen molar-refractivity contribution in [1.29, 1.82) is 0 Å². The van der Waals surface area contributed by atoms with Crippen molar-refractivity contribution in [1.82, 2.24) is 29.7 Å². The van der Waals surface area contributed by atoms with Crippen LogP contribution in [0.15, 0.2) is 66.2 Å². The maximum atomic E-state index is 12.9. The number of rotatable bonds is 6. The Hall–Kier alpha value is -3.86. The summed E-state index contributed by atoms with van der Waals surface area (Å²) in [5, 5.41) is 8.44. The molecule has 0 saturated carbocycles. The molecule has 0 fully saturated rings. The van der Waals surface area contributed by atoms with E-state index in [4.69, 9.17) is 4.98 Å². The Balaban J connectivity index is 1.61. The first-order chi connectivity index (χ1) is 16.4. The highest BCUT2D eigenvalue weighted by atomic mass is 32.2. The fraction of sp³-hybridized carbons (Fsp3) is 0.261. The molecule has 3 aromatic heterocycles. The maximum Gasteiger partial charge on any atom is 0.261 e. The summed E-state index contributed by atoms with van der Waals surface area (Å²) in [7, 11) is -3.81. The Labute approximate surface area is 197 Å². The fourth-order valence-corrected chi connectivity index (χ4v) is 5.33. The minimum atomic E-state index is -3.81. The molecular formula is C23H24N8O2S. The van der Waals surface area contributed by atoms with E-state index < -0.39 is 10.0 Å². The average Bonchev–Trinajstić information content (AvgIpc) is 3.33. The molecule has 0 amide bonds. The first-order valence-electron chi connectivity index (χ1n) is 11.0. The third-order valence-corrected chi connectivity index (χ3v) is 7.15. The zero-order valence-corrected chi connectivity index (χ0v) is 19.8. The van der Waals surface area contributed by atoms with Crippen molar-refractivity contribution in [3.8, 4) is 17.1 Å². The number of aromatic nitrogens is 6. The molecule has 4 aromatic rings. The minimum absolute atomic E-state index is 0.00578. The first kappa shape index (κ1) is 22.0. The normalized spacial score (nSPS) is 15.2. The summed E-state index contributed by atoms with van der Waals surface area (Å²) in [4.78, 5) is 16.0. The second-order valence-corrected chi connectivity index (χ2v) is 9.91. The van der Waals surface area contributed by atoms with Gasteiger partial charge in [0.25, 0.3) is 10.0 Å². The third kappa shape index (κ3) is 3.67. The lowest BCUT2D eigenvalue weighted by Gasteiger charge is -2.39. The number of benzene rings is 1. The van der Waals surface area contributed by atoms with Crippen LogP contribution in [0, 0.1) is 0 Å². The summed E-state index contributed by atoms with van der Waals surface area (Å²) >= 11 is 0. The molecule has 11 heteroatoms. The van der Waals surface area contributed by atoms with E-state index in [1.165, 1.54) is 18.3 Å². The molecule has 10 nitrogen and oxygen atoms in total. The molecule has 1 aliphatic heterocycles. The fourth-order valence-electron chi connectivity index (χ4n) is 4.24. The molecule has 34 heavy (non-hydrogen) atoms. The number of nitrogens with one attached hydrogen (secondary N) is 1. The van der Waals surface area contributed by atoms with Gasteiger partial charge in [-0.05, 0) is 38.5 Å². The van der Waals surface area contributed by atoms with E-state index in [1.807, 2.05) is 4.57 Å². The van der Waals surface area contributed by atoms with Gasteiger partial charge in [0.1, 0.15) is 12.0 Å². The summed E-state index contributed by atoms with van der Waals surface area (Å²) in [6.07, 6.45) is 7.27. The van der Waals surface area contributed by atoms with E-state index >= 15 is 0 Å². The van der Waals surface area contributed by atoms with Crippen LogP contribution in [0.25, 0.3) is 17.1 Å². The van der Waals surface area contributed by atoms with Crippen LogP contribution in [0.4, 0.5) is 11.5 Å². The standard InChI is InChI=1S/C23H24N8O2S/c1-4-19-23-28-26-14-30(23)20-13-25-21(27-22(20)31(19)15(2)3)17-10-11-24-12-18(17)29-34(32,33)16-8-6-5-7-9-16/h5-15,19,29H,4H2,1-3H3. The molecule has 4 heterocycles. The van der Waals surface area contributed by atoms with E-state index in [2.05, 4.69) is 50.6 Å². The van der Waals surface area contributed by atoms with E-state index in [1.54, 1.807) is 43.0 Å². The van der Waals surface area contributed by atoms with Crippen LogP contribution in [0.3, 0.4) is 0 Å². The van der Waals surface area contributed by atoms with Gasteiger partial charge >= 0.3 is 0 Å². The summed E-state index contributed by atoms with van der Waals surface area (Å²) in [6.45, 7) is 6.31. The van der Waals surface area contributed by atoms with E-state index in [-0.39, 0.29) is 17.0 Å². The zero-order chi connectivity index (χ0) is 23.9. The van der Waals surface area contributed by atoms with Gasteiger partial charge in [0.2, 0.25) is 0 Å². The Kier molecular flexibility index (Phi) is 5.48. The first-order valence-corrected chi connectivity index (χ1v) is 12.5. The van der Waals surface area contributed by atoms with Crippen LogP contribution in [-0.2, 0) is 10.0 Å².